The van der Waals surface area contributed by atoms with Crippen molar-refractivity contribution in [2.24, 2.45) is 0 Å². The molecule has 6 heteroatoms. The summed E-state index contributed by atoms with van der Waals surface area (Å²) in [6.07, 6.45) is 0. The summed E-state index contributed by atoms with van der Waals surface area (Å²) in [6, 6.07) is 4.22. The van der Waals surface area contributed by atoms with Crippen molar-refractivity contribution in [2.45, 2.75) is 6.92 Å². The maximum atomic E-state index is 10.8. The van der Waals surface area contributed by atoms with E-state index >= 15 is 0 Å². The highest BCUT2D eigenvalue weighted by molar-refractivity contribution is 5.91. The average molecular weight is 216 g/mol. The molecule has 0 unspecified atom stereocenters. The molecule has 1 rings (SSSR count). The monoisotopic (exact) mass is 216 g/mol. The van der Waals surface area contributed by atoms with Crippen molar-refractivity contribution in [1.82, 2.24) is 0 Å². The molecule has 0 saturated carbocycles. The maximum Gasteiger partial charge on any atom is 0.296 e. The molecule has 0 saturated heterocycles. The van der Waals surface area contributed by atoms with Gasteiger partial charge in [0.2, 0.25) is 5.91 Å². The molecule has 6 nitrogen and oxygen atoms in total. The van der Waals surface area contributed by atoms with E-state index in [-0.39, 0.29) is 17.3 Å². The molecule has 15 heavy (non-hydrogen) atoms. The lowest BCUT2D eigenvalue weighted by Crippen LogP contribution is -2.08. The van der Waals surface area contributed by atoms with Crippen LogP contribution in [0.4, 0.5) is 11.4 Å². The number of nitrogens with one attached hydrogen (secondary N) is 1. The molecule has 0 aliphatic carbocycles. The zero-order valence-corrected chi connectivity index (χ0v) is 8.31. The van der Waals surface area contributed by atoms with Gasteiger partial charge >= 0.3 is 0 Å². The number of ether oxygens (including phenoxy) is 1. The van der Waals surface area contributed by atoms with Crippen molar-refractivity contribution < 1.29 is 14.5 Å². The predicted molar refractivity (Wildman–Crippen MR) is 54.0 cm³/mol. The minimum Gasteiger partial charge on any atom is -0.496 e. The van der Waals surface area contributed by atoms with Crippen molar-refractivity contribution in [3.8, 4) is 5.75 Å². The lowest BCUT2D eigenvalue weighted by atomic mass is 10.7. The number of nitro groups is 1. The first kappa shape index (κ1) is 11.0. The zero-order chi connectivity index (χ0) is 11.4. The standard InChI is InChI=1S/C9H10N2O4/c1-6(12)10-8-4-3-7(15-2)5-9(8)11(13)14/h3-5H,1-2H3,(H,10,12)/i3+1,4+1,5+1,7+1,8+1,9+1. The van der Waals surface area contributed by atoms with Crippen LogP contribution in [0.1, 0.15) is 6.92 Å². The van der Waals surface area contributed by atoms with E-state index in [2.05, 4.69) is 5.32 Å². The molecular weight excluding hydrogens is 206 g/mol. The topological polar surface area (TPSA) is 81.5 Å². The molecule has 1 N–H and O–H groups in total. The number of nitro benzene ring substituents is 1. The number of hydrogen-bond acceptors (Lipinski definition) is 4. The molecule has 0 radical (unpaired) electrons. The van der Waals surface area contributed by atoms with E-state index < -0.39 is 4.92 Å². The van der Waals surface area contributed by atoms with E-state index in [4.69, 9.17) is 4.74 Å². The summed E-state index contributed by atoms with van der Waals surface area (Å²) in [7, 11) is 1.41. The van der Waals surface area contributed by atoms with Gasteiger partial charge in [0.1, 0.15) is 11.4 Å². The molecule has 1 aromatic carbocycles. The highest BCUT2D eigenvalue weighted by Crippen LogP contribution is 2.28. The fraction of sp³-hybridized carbons (Fsp3) is 0.222. The third-order valence-electron chi connectivity index (χ3n) is 1.71. The van der Waals surface area contributed by atoms with E-state index in [0.717, 1.165) is 0 Å². The van der Waals surface area contributed by atoms with Gasteiger partial charge in [-0.15, -0.1) is 0 Å². The van der Waals surface area contributed by atoms with Crippen LogP contribution in [-0.4, -0.2) is 17.9 Å². The second-order valence-electron chi connectivity index (χ2n) is 2.82. The predicted octanol–water partition coefficient (Wildman–Crippen LogP) is 1.56. The fourth-order valence-electron chi connectivity index (χ4n) is 1.08. The van der Waals surface area contributed by atoms with Crippen LogP contribution in [-0.2, 0) is 4.79 Å². The van der Waals surface area contributed by atoms with Gasteiger partial charge in [-0.1, -0.05) is 0 Å². The van der Waals surface area contributed by atoms with Crippen molar-refractivity contribution in [3.05, 3.63) is 28.3 Å². The first-order valence-corrected chi connectivity index (χ1v) is 4.14. The highest BCUT2D eigenvalue weighted by atomic mass is 16.6. The molecule has 1 amide bonds. The van der Waals surface area contributed by atoms with Crippen LogP contribution in [0.25, 0.3) is 0 Å². The van der Waals surface area contributed by atoms with E-state index in [9.17, 15) is 14.9 Å². The number of carbonyl (C=O) groups excluding carboxylic acids is 1. The van der Waals surface area contributed by atoms with Gasteiger partial charge in [0, 0.05) is 6.92 Å². The van der Waals surface area contributed by atoms with E-state index in [0.29, 0.717) is 5.75 Å². The summed E-state index contributed by atoms with van der Waals surface area (Å²) >= 11 is 0. The molecule has 0 atom stereocenters. The first-order valence-electron chi connectivity index (χ1n) is 4.14. The Hall–Kier alpha value is -2.11. The highest BCUT2D eigenvalue weighted by Gasteiger charge is 2.15. The van der Waals surface area contributed by atoms with Crippen LogP contribution in [0, 0.1) is 10.1 Å². The Bertz CT molecular complexity index is 403. The molecule has 0 aromatic heterocycles. The van der Waals surface area contributed by atoms with Crippen LogP contribution >= 0.6 is 0 Å². The quantitative estimate of drug-likeness (QED) is 0.614. The molecule has 0 spiro atoms. The Kier molecular flexibility index (Phi) is 3.22. The minimum absolute atomic E-state index is 0.160. The molecule has 0 heterocycles. The lowest BCUT2D eigenvalue weighted by molar-refractivity contribution is -0.384. The number of anilines is 1. The number of rotatable bonds is 3. The Morgan fingerprint density at radius 2 is 2.20 bits per heavy atom. The van der Waals surface area contributed by atoms with Gasteiger partial charge in [-0.25, -0.2) is 0 Å². The van der Waals surface area contributed by atoms with Gasteiger partial charge in [0.15, 0.2) is 0 Å². The third-order valence-corrected chi connectivity index (χ3v) is 1.71. The first-order chi connectivity index (χ1) is 7.04. The average Bonchev–Trinajstić information content (AvgIpc) is 2.17. The molecule has 0 aliphatic heterocycles. The SMILES string of the molecule is CO[13c]1[13cH][13cH][13c](NC(C)=O)[13c]([N+](=O)[O-])[13cH]1. The zero-order valence-electron chi connectivity index (χ0n) is 8.31. The van der Waals surface area contributed by atoms with Crippen LogP contribution in [0.3, 0.4) is 0 Å². The second-order valence-corrected chi connectivity index (χ2v) is 2.82. The van der Waals surface area contributed by atoms with Crippen molar-refractivity contribution in [1.29, 1.82) is 0 Å². The van der Waals surface area contributed by atoms with Crippen LogP contribution in [0.15, 0.2) is 18.2 Å². The second kappa shape index (κ2) is 4.41. The smallest absolute Gasteiger partial charge is 0.296 e. The van der Waals surface area contributed by atoms with Gasteiger partial charge in [0.25, 0.3) is 5.69 Å². The summed E-state index contributed by atoms with van der Waals surface area (Å²) in [4.78, 5) is 20.9. The number of methoxy groups -OCH3 is 1. The van der Waals surface area contributed by atoms with E-state index in [1.807, 2.05) is 0 Å². The number of amides is 1. The van der Waals surface area contributed by atoms with Crippen LogP contribution in [0.2, 0.25) is 0 Å². The third kappa shape index (κ3) is 2.67. The largest absolute Gasteiger partial charge is 0.496 e. The van der Waals surface area contributed by atoms with E-state index in [1.165, 1.54) is 32.2 Å². The summed E-state index contributed by atoms with van der Waals surface area (Å²) < 4.78 is 4.85. The van der Waals surface area contributed by atoms with E-state index in [1.54, 1.807) is 0 Å². The van der Waals surface area contributed by atoms with Crippen molar-refractivity contribution in [2.75, 3.05) is 12.4 Å². The Labute approximate surface area is 86.0 Å². The molecule has 0 aliphatic rings. The number of carbonyl (C=O) groups is 1. The number of hydrogen-bond donors (Lipinski definition) is 1. The Morgan fingerprint density at radius 1 is 1.53 bits per heavy atom. The maximum absolute atomic E-state index is 10.8. The summed E-state index contributed by atoms with van der Waals surface area (Å²) in [5.74, 6) is 0.0130. The number of nitrogens with zero attached hydrogens (tertiary/aromatic N) is 1. The molecule has 0 fully saturated rings. The summed E-state index contributed by atoms with van der Waals surface area (Å²) in [5, 5.41) is 13.0. The molecule has 0 bridgehead atoms. The van der Waals surface area contributed by atoms with Crippen LogP contribution < -0.4 is 10.1 Å². The van der Waals surface area contributed by atoms with Crippen molar-refractivity contribution in [3.63, 3.8) is 0 Å². The summed E-state index contributed by atoms with van der Waals surface area (Å²) in [5.41, 5.74) is -0.0298. The fourth-order valence-corrected chi connectivity index (χ4v) is 1.08. The Balaban J connectivity index is 3.15. The van der Waals surface area contributed by atoms with Gasteiger partial charge in [-0.05, 0) is 12.1 Å². The van der Waals surface area contributed by atoms with Gasteiger partial charge in [-0.2, -0.15) is 0 Å². The normalized spacial score (nSPS) is 9.47. The molecule has 80 valence electrons. The minimum atomic E-state index is -0.576. The van der Waals surface area contributed by atoms with Crippen LogP contribution in [0.5, 0.6) is 5.75 Å². The number of benzene rings is 1. The molecular formula is C9H10N2O4. The molecule has 1 aromatic rings. The van der Waals surface area contributed by atoms with Crippen molar-refractivity contribution >= 4 is 17.3 Å². The lowest BCUT2D eigenvalue weighted by Gasteiger charge is -2.05. The van der Waals surface area contributed by atoms with Gasteiger partial charge < -0.3 is 10.1 Å². The van der Waals surface area contributed by atoms with Gasteiger partial charge in [0.05, 0.1) is 18.1 Å². The Morgan fingerprint density at radius 3 is 2.67 bits per heavy atom. The van der Waals surface area contributed by atoms with Gasteiger partial charge in [-0.3, -0.25) is 14.9 Å². The summed E-state index contributed by atoms with van der Waals surface area (Å²) in [6.45, 7) is 1.29.